The van der Waals surface area contributed by atoms with Crippen LogP contribution >= 0.6 is 0 Å². The van der Waals surface area contributed by atoms with Gasteiger partial charge in [0, 0.05) is 17.2 Å². The number of carbonyl (C=O) groups is 2. The lowest BCUT2D eigenvalue weighted by Gasteiger charge is -2.39. The number of carbonyl (C=O) groups excluding carboxylic acids is 2. The van der Waals surface area contributed by atoms with Crippen LogP contribution in [0.2, 0.25) is 0 Å². The summed E-state index contributed by atoms with van der Waals surface area (Å²) in [5.74, 6) is -1.48. The van der Waals surface area contributed by atoms with E-state index in [0.29, 0.717) is 5.39 Å². The molecule has 0 heterocycles. The highest BCUT2D eigenvalue weighted by Gasteiger charge is 2.68. The Bertz CT molecular complexity index is 1150. The number of rotatable bonds is 6. The molecule has 0 saturated heterocycles. The van der Waals surface area contributed by atoms with Gasteiger partial charge in [0.1, 0.15) is 6.10 Å². The van der Waals surface area contributed by atoms with Gasteiger partial charge in [-0.25, -0.2) is 17.9 Å². The maximum atomic E-state index is 13.5. The Kier molecular flexibility index (Phi) is 5.25. The van der Waals surface area contributed by atoms with Gasteiger partial charge in [0.2, 0.25) is 15.8 Å². The standard InChI is InChI=1S/C24H29NO5S/c1-5-18(26)22(27)30-21-20(17-13-14-24(21,4)23(17,2)3)25-31(28,29)19-12-8-10-15-9-6-7-11-16(15)19/h6-12,17,20-21,25H,5,13-14H2,1-4H3/t17-,20-,21-,24+/m1/s1. The van der Waals surface area contributed by atoms with Crippen molar-refractivity contribution >= 4 is 32.5 Å². The molecule has 2 aromatic carbocycles. The molecule has 1 N–H and O–H groups in total. The monoisotopic (exact) mass is 443 g/mol. The van der Waals surface area contributed by atoms with Crippen LogP contribution in [0.5, 0.6) is 0 Å². The summed E-state index contributed by atoms with van der Waals surface area (Å²) in [7, 11) is -3.89. The van der Waals surface area contributed by atoms with Gasteiger partial charge in [0.15, 0.2) is 0 Å². The maximum Gasteiger partial charge on any atom is 0.374 e. The molecule has 2 aliphatic carbocycles. The average molecular weight is 444 g/mol. The zero-order chi connectivity index (χ0) is 22.6. The van der Waals surface area contributed by atoms with Crippen molar-refractivity contribution in [2.75, 3.05) is 0 Å². The van der Waals surface area contributed by atoms with Gasteiger partial charge in [-0.1, -0.05) is 64.1 Å². The Labute approximate surface area is 183 Å². The van der Waals surface area contributed by atoms with Crippen molar-refractivity contribution < 1.29 is 22.7 Å². The van der Waals surface area contributed by atoms with Crippen molar-refractivity contribution in [3.05, 3.63) is 42.5 Å². The molecule has 4 atom stereocenters. The van der Waals surface area contributed by atoms with Crippen LogP contribution in [-0.2, 0) is 24.3 Å². The van der Waals surface area contributed by atoms with Gasteiger partial charge < -0.3 is 4.74 Å². The van der Waals surface area contributed by atoms with E-state index >= 15 is 0 Å². The van der Waals surface area contributed by atoms with E-state index in [1.54, 1.807) is 25.1 Å². The van der Waals surface area contributed by atoms with Crippen LogP contribution in [0.3, 0.4) is 0 Å². The van der Waals surface area contributed by atoms with Gasteiger partial charge in [0.25, 0.3) is 0 Å². The second-order valence-electron chi connectivity index (χ2n) is 9.51. The first-order valence-corrected chi connectivity index (χ1v) is 12.2. The zero-order valence-electron chi connectivity index (χ0n) is 18.3. The Morgan fingerprint density at radius 3 is 2.48 bits per heavy atom. The number of hydrogen-bond donors (Lipinski definition) is 1. The van der Waals surface area contributed by atoms with Gasteiger partial charge in [-0.05, 0) is 35.6 Å². The number of Topliss-reactive ketones (excluding diaryl/α,β-unsaturated/α-hetero) is 1. The van der Waals surface area contributed by atoms with E-state index in [1.165, 1.54) is 0 Å². The number of esters is 1. The first-order valence-electron chi connectivity index (χ1n) is 10.8. The van der Waals surface area contributed by atoms with Gasteiger partial charge in [-0.15, -0.1) is 0 Å². The van der Waals surface area contributed by atoms with Crippen LogP contribution < -0.4 is 4.72 Å². The molecule has 2 saturated carbocycles. The van der Waals surface area contributed by atoms with E-state index in [-0.39, 0.29) is 22.6 Å². The fraction of sp³-hybridized carbons (Fsp3) is 0.500. The number of nitrogens with one attached hydrogen (secondary N) is 1. The van der Waals surface area contributed by atoms with Gasteiger partial charge in [0.05, 0.1) is 10.9 Å². The molecule has 2 fully saturated rings. The van der Waals surface area contributed by atoms with Crippen molar-refractivity contribution in [2.24, 2.45) is 16.7 Å². The molecule has 0 unspecified atom stereocenters. The Balaban J connectivity index is 1.73. The third kappa shape index (κ3) is 3.29. The fourth-order valence-electron chi connectivity index (χ4n) is 5.65. The number of hydrogen-bond acceptors (Lipinski definition) is 5. The molecule has 2 aliphatic rings. The smallest absolute Gasteiger partial charge is 0.374 e. The molecule has 7 heteroatoms. The highest BCUT2D eigenvalue weighted by molar-refractivity contribution is 7.89. The first kappa shape index (κ1) is 22.0. The molecule has 166 valence electrons. The molecule has 0 radical (unpaired) electrons. The van der Waals surface area contributed by atoms with Crippen molar-refractivity contribution in [3.63, 3.8) is 0 Å². The number of sulfonamides is 1. The van der Waals surface area contributed by atoms with E-state index in [0.717, 1.165) is 18.2 Å². The minimum absolute atomic E-state index is 0.00298. The van der Waals surface area contributed by atoms with Crippen molar-refractivity contribution in [2.45, 2.75) is 64.0 Å². The SMILES string of the molecule is CCC(=O)C(=O)O[C@@H]1[C@H](NS(=O)(=O)c2cccc3ccccc23)[C@H]2CC[C@]1(C)C2(C)C. The second-order valence-corrected chi connectivity index (χ2v) is 11.2. The molecule has 0 spiro atoms. The summed E-state index contributed by atoms with van der Waals surface area (Å²) in [6, 6.07) is 11.9. The van der Waals surface area contributed by atoms with Crippen LogP contribution in [0.1, 0.15) is 47.0 Å². The van der Waals surface area contributed by atoms with Crippen molar-refractivity contribution in [1.29, 1.82) is 0 Å². The highest BCUT2D eigenvalue weighted by atomic mass is 32.2. The minimum atomic E-state index is -3.89. The lowest BCUT2D eigenvalue weighted by Crippen LogP contribution is -2.51. The Morgan fingerprint density at radius 1 is 1.10 bits per heavy atom. The molecular formula is C24H29NO5S. The van der Waals surface area contributed by atoms with E-state index in [9.17, 15) is 18.0 Å². The first-order chi connectivity index (χ1) is 14.5. The molecule has 2 bridgehead atoms. The highest BCUT2D eigenvalue weighted by Crippen LogP contribution is 2.66. The zero-order valence-corrected chi connectivity index (χ0v) is 19.2. The predicted octanol–water partition coefficient (Wildman–Crippen LogP) is 3.83. The minimum Gasteiger partial charge on any atom is -0.454 e. The molecule has 0 aliphatic heterocycles. The quantitative estimate of drug-likeness (QED) is 0.541. The number of fused-ring (bicyclic) bond motifs is 3. The maximum absolute atomic E-state index is 13.5. The van der Waals surface area contributed by atoms with E-state index in [1.807, 2.05) is 31.2 Å². The summed E-state index contributed by atoms with van der Waals surface area (Å²) >= 11 is 0. The van der Waals surface area contributed by atoms with Crippen molar-refractivity contribution in [3.8, 4) is 0 Å². The third-order valence-electron chi connectivity index (χ3n) is 7.87. The van der Waals surface area contributed by atoms with E-state index < -0.39 is 39.3 Å². The number of ketones is 1. The molecule has 4 rings (SSSR count). The normalized spacial score (nSPS) is 29.2. The third-order valence-corrected chi connectivity index (χ3v) is 9.39. The summed E-state index contributed by atoms with van der Waals surface area (Å²) < 4.78 is 35.6. The van der Waals surface area contributed by atoms with Crippen LogP contribution in [0, 0.1) is 16.7 Å². The molecule has 2 aromatic rings. The molecule has 0 aromatic heterocycles. The average Bonchev–Trinajstić information content (AvgIpc) is 3.05. The van der Waals surface area contributed by atoms with E-state index in [4.69, 9.17) is 4.74 Å². The van der Waals surface area contributed by atoms with Gasteiger partial charge in [-0.3, -0.25) is 4.79 Å². The van der Waals surface area contributed by atoms with Crippen LogP contribution in [0.25, 0.3) is 10.8 Å². The second kappa shape index (κ2) is 7.41. The molecule has 6 nitrogen and oxygen atoms in total. The van der Waals surface area contributed by atoms with Crippen LogP contribution in [-0.4, -0.2) is 32.3 Å². The molecule has 31 heavy (non-hydrogen) atoms. The Hall–Kier alpha value is -2.25. The largest absolute Gasteiger partial charge is 0.454 e. The summed E-state index contributed by atoms with van der Waals surface area (Å²) in [6.07, 6.45) is 1.01. The molecule has 0 amide bonds. The number of benzene rings is 2. The molecular weight excluding hydrogens is 414 g/mol. The topological polar surface area (TPSA) is 89.5 Å². The Morgan fingerprint density at radius 2 is 1.77 bits per heavy atom. The summed E-state index contributed by atoms with van der Waals surface area (Å²) in [4.78, 5) is 24.5. The summed E-state index contributed by atoms with van der Waals surface area (Å²) in [5.41, 5.74) is -0.674. The fourth-order valence-corrected chi connectivity index (χ4v) is 7.16. The number of ether oxygens (including phenoxy) is 1. The van der Waals surface area contributed by atoms with Crippen molar-refractivity contribution in [1.82, 2.24) is 4.72 Å². The van der Waals surface area contributed by atoms with E-state index in [2.05, 4.69) is 18.6 Å². The van der Waals surface area contributed by atoms with Gasteiger partial charge in [-0.2, -0.15) is 0 Å². The van der Waals surface area contributed by atoms with Gasteiger partial charge >= 0.3 is 5.97 Å². The lowest BCUT2D eigenvalue weighted by molar-refractivity contribution is -0.164. The summed E-state index contributed by atoms with van der Waals surface area (Å²) in [5, 5.41) is 1.47. The lowest BCUT2D eigenvalue weighted by atomic mass is 9.70. The van der Waals surface area contributed by atoms with Crippen LogP contribution in [0.4, 0.5) is 0 Å². The summed E-state index contributed by atoms with van der Waals surface area (Å²) in [6.45, 7) is 7.84. The van der Waals surface area contributed by atoms with Crippen LogP contribution in [0.15, 0.2) is 47.4 Å². The predicted molar refractivity (Wildman–Crippen MR) is 118 cm³/mol.